The maximum atomic E-state index is 13.0. The Morgan fingerprint density at radius 3 is 3.00 bits per heavy atom. The summed E-state index contributed by atoms with van der Waals surface area (Å²) < 4.78 is 13.0. The van der Waals surface area contributed by atoms with Crippen molar-refractivity contribution in [1.82, 2.24) is 25.9 Å². The van der Waals surface area contributed by atoms with Gasteiger partial charge in [-0.05, 0) is 29.8 Å². The molecule has 0 fully saturated rings. The molecule has 0 aliphatic heterocycles. The second kappa shape index (κ2) is 4.69. The third-order valence-electron chi connectivity index (χ3n) is 2.24. The molecule has 1 atom stereocenters. The molecule has 2 N–H and O–H groups in total. The Kier molecular flexibility index (Phi) is 3.08. The average molecular weight is 235 g/mol. The van der Waals surface area contributed by atoms with E-state index in [4.69, 9.17) is 0 Å². The third-order valence-corrected chi connectivity index (χ3v) is 2.24. The van der Waals surface area contributed by atoms with Crippen LogP contribution in [0.4, 0.5) is 4.39 Å². The smallest absolute Gasteiger partial charge is 0.293 e. The number of rotatable bonds is 3. The van der Waals surface area contributed by atoms with Crippen LogP contribution >= 0.6 is 0 Å². The number of hydrogen-bond acceptors (Lipinski definition) is 4. The van der Waals surface area contributed by atoms with Gasteiger partial charge in [-0.2, -0.15) is 5.21 Å². The van der Waals surface area contributed by atoms with Gasteiger partial charge < -0.3 is 5.32 Å². The zero-order valence-corrected chi connectivity index (χ0v) is 9.01. The monoisotopic (exact) mass is 235 g/mol. The molecule has 1 unspecified atom stereocenters. The van der Waals surface area contributed by atoms with E-state index in [1.54, 1.807) is 19.1 Å². The van der Waals surface area contributed by atoms with Gasteiger partial charge in [0.1, 0.15) is 5.82 Å². The van der Waals surface area contributed by atoms with E-state index >= 15 is 0 Å². The zero-order valence-electron chi connectivity index (χ0n) is 9.01. The van der Waals surface area contributed by atoms with Gasteiger partial charge in [-0.1, -0.05) is 12.1 Å². The number of hydrogen-bond donors (Lipinski definition) is 2. The van der Waals surface area contributed by atoms with Crippen LogP contribution in [0.25, 0.3) is 0 Å². The van der Waals surface area contributed by atoms with E-state index in [0.717, 1.165) is 0 Å². The molecule has 0 aliphatic carbocycles. The summed E-state index contributed by atoms with van der Waals surface area (Å²) in [6, 6.07) is 5.68. The van der Waals surface area contributed by atoms with Gasteiger partial charge in [0.05, 0.1) is 6.04 Å². The quantitative estimate of drug-likeness (QED) is 0.825. The Morgan fingerprint density at radius 1 is 1.53 bits per heavy atom. The Labute approximate surface area is 96.2 Å². The molecule has 17 heavy (non-hydrogen) atoms. The summed E-state index contributed by atoms with van der Waals surface area (Å²) in [7, 11) is 0. The van der Waals surface area contributed by atoms with Gasteiger partial charge in [-0.3, -0.25) is 4.79 Å². The number of amides is 1. The van der Waals surface area contributed by atoms with Crippen molar-refractivity contribution < 1.29 is 9.18 Å². The third kappa shape index (κ3) is 2.63. The van der Waals surface area contributed by atoms with Gasteiger partial charge >= 0.3 is 0 Å². The highest BCUT2D eigenvalue weighted by Crippen LogP contribution is 2.13. The lowest BCUT2D eigenvalue weighted by molar-refractivity contribution is 0.0929. The molecule has 1 amide bonds. The van der Waals surface area contributed by atoms with Gasteiger partial charge in [-0.25, -0.2) is 4.39 Å². The molecule has 0 spiro atoms. The predicted octanol–water partition coefficient (Wildman–Crippen LogP) is 0.830. The largest absolute Gasteiger partial charge is 0.343 e. The minimum atomic E-state index is -0.462. The van der Waals surface area contributed by atoms with Crippen molar-refractivity contribution in [3.8, 4) is 0 Å². The van der Waals surface area contributed by atoms with E-state index in [1.165, 1.54) is 12.1 Å². The molecule has 0 saturated heterocycles. The first kappa shape index (κ1) is 11.2. The molecular weight excluding hydrogens is 225 g/mol. The summed E-state index contributed by atoms with van der Waals surface area (Å²) in [6.45, 7) is 1.74. The zero-order chi connectivity index (χ0) is 12.3. The second-order valence-corrected chi connectivity index (χ2v) is 3.49. The molecule has 6 nitrogen and oxygen atoms in total. The molecule has 0 radical (unpaired) electrons. The minimum Gasteiger partial charge on any atom is -0.343 e. The van der Waals surface area contributed by atoms with Crippen LogP contribution < -0.4 is 5.32 Å². The number of aromatic amines is 1. The Morgan fingerprint density at radius 2 is 2.35 bits per heavy atom. The number of nitrogens with one attached hydrogen (secondary N) is 2. The molecule has 88 valence electrons. The summed E-state index contributed by atoms with van der Waals surface area (Å²) in [5.74, 6) is -0.855. The minimum absolute atomic E-state index is 0.0479. The molecule has 0 aliphatic rings. The van der Waals surface area contributed by atoms with Crippen molar-refractivity contribution in [1.29, 1.82) is 0 Å². The lowest BCUT2D eigenvalue weighted by Crippen LogP contribution is -2.27. The number of H-pyrrole nitrogens is 1. The van der Waals surface area contributed by atoms with Crippen molar-refractivity contribution in [2.75, 3.05) is 0 Å². The molecule has 0 saturated carbocycles. The normalized spacial score (nSPS) is 12.1. The standard InChI is InChI=1S/C10H10FN5O/c1-6(7-3-2-4-8(11)5-7)12-10(17)9-13-15-16-14-9/h2-6H,1H3,(H,12,17)(H,13,14,15,16). The van der Waals surface area contributed by atoms with Gasteiger partial charge in [0.15, 0.2) is 0 Å². The number of halogens is 1. The number of aromatic nitrogens is 4. The van der Waals surface area contributed by atoms with Crippen LogP contribution in [0.15, 0.2) is 24.3 Å². The molecule has 2 rings (SSSR count). The van der Waals surface area contributed by atoms with Crippen LogP contribution in [0.2, 0.25) is 0 Å². The first-order chi connectivity index (χ1) is 8.16. The number of tetrazole rings is 1. The highest BCUT2D eigenvalue weighted by molar-refractivity contribution is 5.90. The summed E-state index contributed by atoms with van der Waals surface area (Å²) >= 11 is 0. The number of carbonyl (C=O) groups is 1. The molecule has 1 aromatic carbocycles. The van der Waals surface area contributed by atoms with Crippen molar-refractivity contribution in [2.24, 2.45) is 0 Å². The van der Waals surface area contributed by atoms with Crippen molar-refractivity contribution in [3.05, 3.63) is 41.5 Å². The molecule has 1 heterocycles. The van der Waals surface area contributed by atoms with Crippen molar-refractivity contribution >= 4 is 5.91 Å². The molecule has 0 bridgehead atoms. The lowest BCUT2D eigenvalue weighted by atomic mass is 10.1. The van der Waals surface area contributed by atoms with Crippen molar-refractivity contribution in [2.45, 2.75) is 13.0 Å². The van der Waals surface area contributed by atoms with Crippen LogP contribution in [-0.4, -0.2) is 26.5 Å². The van der Waals surface area contributed by atoms with Crippen LogP contribution in [0.3, 0.4) is 0 Å². The Bertz CT molecular complexity index is 513. The van der Waals surface area contributed by atoms with E-state index in [0.29, 0.717) is 5.56 Å². The summed E-state index contributed by atoms with van der Waals surface area (Å²) in [4.78, 5) is 11.6. The van der Waals surface area contributed by atoms with Gasteiger partial charge in [0.2, 0.25) is 0 Å². The van der Waals surface area contributed by atoms with Crippen LogP contribution in [0, 0.1) is 5.82 Å². The summed E-state index contributed by atoms with van der Waals surface area (Å²) in [5.41, 5.74) is 0.668. The van der Waals surface area contributed by atoms with Gasteiger partial charge in [0.25, 0.3) is 11.7 Å². The molecular formula is C10H10FN5O. The highest BCUT2D eigenvalue weighted by Gasteiger charge is 2.14. The fourth-order valence-corrected chi connectivity index (χ4v) is 1.38. The first-order valence-corrected chi connectivity index (χ1v) is 4.96. The maximum absolute atomic E-state index is 13.0. The molecule has 7 heteroatoms. The fourth-order valence-electron chi connectivity index (χ4n) is 1.38. The summed E-state index contributed by atoms with van der Waals surface area (Å²) in [6.07, 6.45) is 0. The van der Waals surface area contributed by atoms with Gasteiger partial charge in [0, 0.05) is 0 Å². The first-order valence-electron chi connectivity index (χ1n) is 4.96. The van der Waals surface area contributed by atoms with E-state index < -0.39 is 5.91 Å². The van der Waals surface area contributed by atoms with E-state index in [9.17, 15) is 9.18 Å². The maximum Gasteiger partial charge on any atom is 0.293 e. The van der Waals surface area contributed by atoms with Crippen molar-refractivity contribution in [3.63, 3.8) is 0 Å². The fraction of sp³-hybridized carbons (Fsp3) is 0.200. The molecule has 2 aromatic rings. The second-order valence-electron chi connectivity index (χ2n) is 3.49. The van der Waals surface area contributed by atoms with Crippen LogP contribution in [0.5, 0.6) is 0 Å². The topological polar surface area (TPSA) is 83.6 Å². The van der Waals surface area contributed by atoms with E-state index in [1.807, 2.05) is 0 Å². The predicted molar refractivity (Wildman–Crippen MR) is 56.5 cm³/mol. The number of benzene rings is 1. The Balaban J connectivity index is 2.07. The number of nitrogens with zero attached hydrogens (tertiary/aromatic N) is 3. The van der Waals surface area contributed by atoms with Crippen LogP contribution in [-0.2, 0) is 0 Å². The molecule has 1 aromatic heterocycles. The Hall–Kier alpha value is -2.31. The van der Waals surface area contributed by atoms with Crippen LogP contribution in [0.1, 0.15) is 29.1 Å². The van der Waals surface area contributed by atoms with E-state index in [-0.39, 0.29) is 17.7 Å². The lowest BCUT2D eigenvalue weighted by Gasteiger charge is -2.12. The summed E-state index contributed by atoms with van der Waals surface area (Å²) in [5, 5.41) is 15.2. The van der Waals surface area contributed by atoms with E-state index in [2.05, 4.69) is 25.9 Å². The highest BCUT2D eigenvalue weighted by atomic mass is 19.1. The average Bonchev–Trinajstić information content (AvgIpc) is 2.82. The SMILES string of the molecule is CC(NC(=O)c1nn[nH]n1)c1cccc(F)c1. The van der Waals surface area contributed by atoms with Gasteiger partial charge in [-0.15, -0.1) is 10.2 Å². The number of carbonyl (C=O) groups excluding carboxylic acids is 1.